The zero-order valence-corrected chi connectivity index (χ0v) is 17.1. The number of benzene rings is 2. The lowest BCUT2D eigenvalue weighted by Crippen LogP contribution is -2.15. The van der Waals surface area contributed by atoms with Gasteiger partial charge in [-0.2, -0.15) is 4.68 Å². The molecule has 0 spiro atoms. The Kier molecular flexibility index (Phi) is 5.82. The number of hydrogen-bond acceptors (Lipinski definition) is 5. The molecule has 1 aromatic heterocycles. The zero-order chi connectivity index (χ0) is 19.6. The van der Waals surface area contributed by atoms with Crippen molar-refractivity contribution in [2.75, 3.05) is 11.1 Å². The molecule has 0 unspecified atom stereocenters. The Morgan fingerprint density at radius 3 is 2.48 bits per heavy atom. The average Bonchev–Trinajstić information content (AvgIpc) is 3.03. The first-order chi connectivity index (χ1) is 12.8. The molecule has 8 heteroatoms. The smallest absolute Gasteiger partial charge is 0.234 e. The highest BCUT2D eigenvalue weighted by Crippen LogP contribution is 2.26. The van der Waals surface area contributed by atoms with Gasteiger partial charge < -0.3 is 5.32 Å². The molecule has 1 heterocycles. The van der Waals surface area contributed by atoms with Crippen LogP contribution in [0, 0.1) is 27.7 Å². The van der Waals surface area contributed by atoms with Gasteiger partial charge in [0, 0.05) is 0 Å². The molecule has 0 aliphatic heterocycles. The van der Waals surface area contributed by atoms with Crippen molar-refractivity contribution in [1.29, 1.82) is 0 Å². The van der Waals surface area contributed by atoms with Crippen LogP contribution in [0.4, 0.5) is 5.69 Å². The third-order valence-electron chi connectivity index (χ3n) is 4.02. The summed E-state index contributed by atoms with van der Waals surface area (Å²) in [7, 11) is 0. The maximum absolute atomic E-state index is 12.3. The first-order valence-corrected chi connectivity index (χ1v) is 9.77. The summed E-state index contributed by atoms with van der Waals surface area (Å²) < 4.78 is 1.68. The van der Waals surface area contributed by atoms with E-state index in [1.165, 1.54) is 17.3 Å². The predicted molar refractivity (Wildman–Crippen MR) is 109 cm³/mol. The summed E-state index contributed by atoms with van der Waals surface area (Å²) in [6.07, 6.45) is 0. The van der Waals surface area contributed by atoms with Crippen LogP contribution in [0.1, 0.15) is 22.3 Å². The van der Waals surface area contributed by atoms with Crippen molar-refractivity contribution < 1.29 is 4.79 Å². The Bertz CT molecular complexity index is 979. The van der Waals surface area contributed by atoms with Gasteiger partial charge >= 0.3 is 0 Å². The van der Waals surface area contributed by atoms with Crippen LogP contribution in [-0.2, 0) is 4.79 Å². The van der Waals surface area contributed by atoms with Crippen molar-refractivity contribution in [3.63, 3.8) is 0 Å². The Balaban J connectivity index is 1.73. The molecule has 0 saturated carbocycles. The van der Waals surface area contributed by atoms with Gasteiger partial charge in [-0.05, 0) is 66.9 Å². The van der Waals surface area contributed by atoms with E-state index in [-0.39, 0.29) is 11.7 Å². The minimum absolute atomic E-state index is 0.169. The lowest BCUT2D eigenvalue weighted by atomic mass is 10.1. The van der Waals surface area contributed by atoms with Crippen molar-refractivity contribution in [3.8, 4) is 5.69 Å². The van der Waals surface area contributed by atoms with E-state index in [4.69, 9.17) is 11.6 Å². The molecular formula is C19H20ClN5OS. The molecule has 0 fully saturated rings. The standard InChI is InChI=1S/C19H20ClN5OS/c1-11-5-6-16(15(20)9-11)21-17(26)10-27-19-22-23-24-25(19)18-13(3)7-12(2)8-14(18)4/h5-9H,10H2,1-4H3,(H,21,26). The van der Waals surface area contributed by atoms with Gasteiger partial charge in [0.05, 0.1) is 22.2 Å². The van der Waals surface area contributed by atoms with E-state index in [0.29, 0.717) is 15.9 Å². The minimum Gasteiger partial charge on any atom is -0.324 e. The summed E-state index contributed by atoms with van der Waals surface area (Å²) in [4.78, 5) is 12.3. The highest BCUT2D eigenvalue weighted by atomic mass is 35.5. The highest BCUT2D eigenvalue weighted by molar-refractivity contribution is 7.99. The number of anilines is 1. The van der Waals surface area contributed by atoms with Crippen LogP contribution >= 0.6 is 23.4 Å². The molecule has 0 aliphatic rings. The monoisotopic (exact) mass is 401 g/mol. The zero-order valence-electron chi connectivity index (χ0n) is 15.6. The molecule has 0 bridgehead atoms. The van der Waals surface area contributed by atoms with Gasteiger partial charge in [0.25, 0.3) is 0 Å². The van der Waals surface area contributed by atoms with Gasteiger partial charge in [0.1, 0.15) is 0 Å². The number of aromatic nitrogens is 4. The fraction of sp³-hybridized carbons (Fsp3) is 0.263. The van der Waals surface area contributed by atoms with Gasteiger partial charge in [-0.15, -0.1) is 5.10 Å². The Labute approximate surface area is 167 Å². The summed E-state index contributed by atoms with van der Waals surface area (Å²) in [5, 5.41) is 15.9. The van der Waals surface area contributed by atoms with E-state index in [1.54, 1.807) is 10.7 Å². The number of amides is 1. The molecule has 2 aromatic carbocycles. The maximum Gasteiger partial charge on any atom is 0.234 e. The molecule has 0 saturated heterocycles. The number of carbonyl (C=O) groups is 1. The van der Waals surface area contributed by atoms with Gasteiger partial charge in [0.15, 0.2) is 0 Å². The second-order valence-electron chi connectivity index (χ2n) is 6.44. The molecular weight excluding hydrogens is 382 g/mol. The summed E-state index contributed by atoms with van der Waals surface area (Å²) in [5.74, 6) is 0.00629. The van der Waals surface area contributed by atoms with Crippen molar-refractivity contribution in [2.45, 2.75) is 32.9 Å². The summed E-state index contributed by atoms with van der Waals surface area (Å²) in [6, 6.07) is 9.68. The molecule has 1 amide bonds. The van der Waals surface area contributed by atoms with Gasteiger partial charge in [-0.1, -0.05) is 47.1 Å². The van der Waals surface area contributed by atoms with Crippen LogP contribution in [0.5, 0.6) is 0 Å². The SMILES string of the molecule is Cc1cc(C)c(-n2nnnc2SCC(=O)Nc2ccc(C)cc2Cl)c(C)c1. The first-order valence-electron chi connectivity index (χ1n) is 8.40. The van der Waals surface area contributed by atoms with E-state index >= 15 is 0 Å². The number of halogens is 1. The van der Waals surface area contributed by atoms with Crippen molar-refractivity contribution in [2.24, 2.45) is 0 Å². The fourth-order valence-electron chi connectivity index (χ4n) is 2.95. The highest BCUT2D eigenvalue weighted by Gasteiger charge is 2.16. The third kappa shape index (κ3) is 4.48. The fourth-order valence-corrected chi connectivity index (χ4v) is 3.91. The Morgan fingerprint density at radius 1 is 1.11 bits per heavy atom. The van der Waals surface area contributed by atoms with Crippen LogP contribution in [-0.4, -0.2) is 31.9 Å². The topological polar surface area (TPSA) is 72.7 Å². The molecule has 6 nitrogen and oxygen atoms in total. The number of nitrogens with one attached hydrogen (secondary N) is 1. The van der Waals surface area contributed by atoms with Crippen LogP contribution in [0.3, 0.4) is 0 Å². The summed E-state index contributed by atoms with van der Waals surface area (Å²) in [5.41, 5.74) is 5.92. The number of rotatable bonds is 5. The van der Waals surface area contributed by atoms with E-state index in [9.17, 15) is 4.79 Å². The van der Waals surface area contributed by atoms with Gasteiger partial charge in [-0.25, -0.2) is 0 Å². The number of thioether (sulfide) groups is 1. The van der Waals surface area contributed by atoms with Crippen molar-refractivity contribution >= 4 is 35.0 Å². The number of nitrogens with zero attached hydrogens (tertiary/aromatic N) is 4. The summed E-state index contributed by atoms with van der Waals surface area (Å²) in [6.45, 7) is 8.05. The van der Waals surface area contributed by atoms with Crippen LogP contribution < -0.4 is 5.32 Å². The van der Waals surface area contributed by atoms with E-state index < -0.39 is 0 Å². The number of hydrogen-bond donors (Lipinski definition) is 1. The molecule has 0 atom stereocenters. The molecule has 27 heavy (non-hydrogen) atoms. The lowest BCUT2D eigenvalue weighted by Gasteiger charge is -2.12. The average molecular weight is 402 g/mol. The maximum atomic E-state index is 12.3. The van der Waals surface area contributed by atoms with Crippen molar-refractivity contribution in [3.05, 3.63) is 57.6 Å². The van der Waals surface area contributed by atoms with E-state index in [2.05, 4.69) is 39.9 Å². The molecule has 0 radical (unpaired) electrons. The number of carbonyl (C=O) groups excluding carboxylic acids is 1. The second-order valence-corrected chi connectivity index (χ2v) is 7.79. The van der Waals surface area contributed by atoms with Crippen LogP contribution in [0.25, 0.3) is 5.69 Å². The molecule has 0 aliphatic carbocycles. The predicted octanol–water partition coefficient (Wildman–Crippen LogP) is 4.28. The molecule has 3 rings (SSSR count). The minimum atomic E-state index is -0.169. The third-order valence-corrected chi connectivity index (χ3v) is 5.25. The normalized spacial score (nSPS) is 10.9. The first kappa shape index (κ1) is 19.4. The Morgan fingerprint density at radius 2 is 1.81 bits per heavy atom. The van der Waals surface area contributed by atoms with Crippen molar-refractivity contribution in [1.82, 2.24) is 20.2 Å². The largest absolute Gasteiger partial charge is 0.324 e. The Hall–Kier alpha value is -2.38. The summed E-state index contributed by atoms with van der Waals surface area (Å²) >= 11 is 7.45. The molecule has 3 aromatic rings. The van der Waals surface area contributed by atoms with Gasteiger partial charge in [-0.3, -0.25) is 4.79 Å². The van der Waals surface area contributed by atoms with E-state index in [1.807, 2.05) is 32.9 Å². The number of aryl methyl sites for hydroxylation is 4. The second kappa shape index (κ2) is 8.10. The molecule has 1 N–H and O–H groups in total. The quantitative estimate of drug-likeness (QED) is 0.646. The molecule has 140 valence electrons. The van der Waals surface area contributed by atoms with Gasteiger partial charge in [0.2, 0.25) is 11.1 Å². The lowest BCUT2D eigenvalue weighted by molar-refractivity contribution is -0.113. The van der Waals surface area contributed by atoms with Crippen LogP contribution in [0.15, 0.2) is 35.5 Å². The van der Waals surface area contributed by atoms with Crippen LogP contribution in [0.2, 0.25) is 5.02 Å². The van der Waals surface area contributed by atoms with E-state index in [0.717, 1.165) is 22.4 Å². The number of tetrazole rings is 1.